The van der Waals surface area contributed by atoms with Gasteiger partial charge in [-0.05, 0) is 36.1 Å². The van der Waals surface area contributed by atoms with Crippen molar-refractivity contribution in [2.75, 3.05) is 24.3 Å². The molecule has 2 nitrogen and oxygen atoms in total. The van der Waals surface area contributed by atoms with Gasteiger partial charge in [-0.3, -0.25) is 4.79 Å². The van der Waals surface area contributed by atoms with Crippen molar-refractivity contribution in [1.29, 1.82) is 0 Å². The maximum atomic E-state index is 13.2. The van der Waals surface area contributed by atoms with E-state index in [0.717, 1.165) is 24.3 Å². The fraction of sp³-hybridized carbons (Fsp3) is 0.462. The number of hydrogen-bond acceptors (Lipinski definition) is 3. The van der Waals surface area contributed by atoms with Crippen LogP contribution >= 0.6 is 35.1 Å². The molecule has 1 unspecified atom stereocenters. The largest absolute Gasteiger partial charge is 0.326 e. The third-order valence-electron chi connectivity index (χ3n) is 2.94. The van der Waals surface area contributed by atoms with Gasteiger partial charge in [0.15, 0.2) is 0 Å². The van der Waals surface area contributed by atoms with Crippen molar-refractivity contribution in [3.63, 3.8) is 0 Å². The van der Waals surface area contributed by atoms with Crippen molar-refractivity contribution >= 4 is 41.0 Å². The molecule has 1 atom stereocenters. The summed E-state index contributed by atoms with van der Waals surface area (Å²) in [6, 6.07) is 4.69. The SMILES string of the molecule is CSCCCN1C(=O)CSC1c1ccc(F)c(Cl)c1. The van der Waals surface area contributed by atoms with E-state index in [9.17, 15) is 9.18 Å². The molecule has 0 radical (unpaired) electrons. The number of benzene rings is 1. The average Bonchev–Trinajstić information content (AvgIpc) is 2.75. The molecule has 0 aliphatic carbocycles. The molecule has 1 aromatic carbocycles. The van der Waals surface area contributed by atoms with Crippen LogP contribution in [0.25, 0.3) is 0 Å². The van der Waals surface area contributed by atoms with Crippen molar-refractivity contribution in [1.82, 2.24) is 4.90 Å². The first-order valence-electron chi connectivity index (χ1n) is 5.98. The summed E-state index contributed by atoms with van der Waals surface area (Å²) >= 11 is 9.16. The van der Waals surface area contributed by atoms with Gasteiger partial charge in [0.25, 0.3) is 0 Å². The van der Waals surface area contributed by atoms with Crippen molar-refractivity contribution in [2.45, 2.75) is 11.8 Å². The first kappa shape index (κ1) is 15.0. The minimum Gasteiger partial charge on any atom is -0.326 e. The van der Waals surface area contributed by atoms with E-state index in [1.54, 1.807) is 35.7 Å². The lowest BCUT2D eigenvalue weighted by Crippen LogP contribution is -2.29. The molecule has 1 amide bonds. The van der Waals surface area contributed by atoms with Crippen molar-refractivity contribution in [3.05, 3.63) is 34.6 Å². The second-order valence-corrected chi connectivity index (χ2v) is 6.73. The van der Waals surface area contributed by atoms with Gasteiger partial charge in [-0.1, -0.05) is 17.7 Å². The Morgan fingerprint density at radius 3 is 3.05 bits per heavy atom. The number of amides is 1. The highest BCUT2D eigenvalue weighted by molar-refractivity contribution is 8.00. The highest BCUT2D eigenvalue weighted by Gasteiger charge is 2.32. The lowest BCUT2D eigenvalue weighted by Gasteiger charge is -2.24. The van der Waals surface area contributed by atoms with Gasteiger partial charge in [0.1, 0.15) is 11.2 Å². The molecule has 6 heteroatoms. The molecule has 1 fully saturated rings. The van der Waals surface area contributed by atoms with E-state index >= 15 is 0 Å². The van der Waals surface area contributed by atoms with Crippen LogP contribution in [0.4, 0.5) is 4.39 Å². The van der Waals surface area contributed by atoms with E-state index in [2.05, 4.69) is 6.26 Å². The van der Waals surface area contributed by atoms with E-state index in [1.165, 1.54) is 6.07 Å². The number of nitrogens with zero attached hydrogens (tertiary/aromatic N) is 1. The van der Waals surface area contributed by atoms with E-state index in [4.69, 9.17) is 11.6 Å². The Balaban J connectivity index is 2.12. The van der Waals surface area contributed by atoms with E-state index in [-0.39, 0.29) is 16.3 Å². The molecule has 104 valence electrons. The van der Waals surface area contributed by atoms with Crippen molar-refractivity contribution in [2.24, 2.45) is 0 Å². The molecule has 1 saturated heterocycles. The second kappa shape index (κ2) is 6.86. The summed E-state index contributed by atoms with van der Waals surface area (Å²) in [6.45, 7) is 0.742. The van der Waals surface area contributed by atoms with Crippen LogP contribution in [0.1, 0.15) is 17.4 Å². The van der Waals surface area contributed by atoms with Crippen LogP contribution < -0.4 is 0 Å². The molecule has 0 spiro atoms. The van der Waals surface area contributed by atoms with Crippen LogP contribution in [-0.2, 0) is 4.79 Å². The molecule has 0 N–H and O–H groups in total. The molecule has 2 rings (SSSR count). The van der Waals surface area contributed by atoms with Crippen molar-refractivity contribution in [3.8, 4) is 0 Å². The first-order chi connectivity index (χ1) is 9.13. The number of hydrogen-bond donors (Lipinski definition) is 0. The Morgan fingerprint density at radius 1 is 1.58 bits per heavy atom. The third-order valence-corrected chi connectivity index (χ3v) is 5.19. The number of carbonyl (C=O) groups is 1. The third kappa shape index (κ3) is 3.58. The molecule has 1 aliphatic heterocycles. The fourth-order valence-corrected chi connectivity index (χ4v) is 3.83. The Kier molecular flexibility index (Phi) is 5.42. The molecule has 1 aromatic rings. The van der Waals surface area contributed by atoms with Crippen LogP contribution in [0.15, 0.2) is 18.2 Å². The molecular formula is C13H15ClFNOS2. The van der Waals surface area contributed by atoms with E-state index < -0.39 is 5.82 Å². The predicted molar refractivity (Wildman–Crippen MR) is 81.3 cm³/mol. The molecule has 0 bridgehead atoms. The Morgan fingerprint density at radius 2 is 2.37 bits per heavy atom. The fourth-order valence-electron chi connectivity index (χ4n) is 2.02. The lowest BCUT2D eigenvalue weighted by molar-refractivity contribution is -0.128. The predicted octanol–water partition coefficient (Wildman–Crippen LogP) is 3.81. The second-order valence-electron chi connectivity index (χ2n) is 4.27. The van der Waals surface area contributed by atoms with Gasteiger partial charge in [0.2, 0.25) is 5.91 Å². The van der Waals surface area contributed by atoms with Gasteiger partial charge in [-0.25, -0.2) is 4.39 Å². The van der Waals surface area contributed by atoms with Gasteiger partial charge in [0, 0.05) is 6.54 Å². The molecular weight excluding hydrogens is 305 g/mol. The summed E-state index contributed by atoms with van der Waals surface area (Å²) in [5.74, 6) is 1.25. The number of halogens is 2. The zero-order valence-electron chi connectivity index (χ0n) is 10.6. The topological polar surface area (TPSA) is 20.3 Å². The monoisotopic (exact) mass is 319 g/mol. The van der Waals surface area contributed by atoms with Crippen LogP contribution in [0.3, 0.4) is 0 Å². The standard InChI is InChI=1S/C13H15ClFNOS2/c1-18-6-2-5-16-12(17)8-19-13(16)9-3-4-11(15)10(14)7-9/h3-4,7,13H,2,5-6,8H2,1H3. The zero-order valence-corrected chi connectivity index (χ0v) is 13.0. The number of carbonyl (C=O) groups excluding carboxylic acids is 1. The summed E-state index contributed by atoms with van der Waals surface area (Å²) in [6.07, 6.45) is 3.02. The molecule has 19 heavy (non-hydrogen) atoms. The number of rotatable bonds is 5. The van der Waals surface area contributed by atoms with Gasteiger partial charge >= 0.3 is 0 Å². The molecule has 0 saturated carbocycles. The number of thioether (sulfide) groups is 2. The summed E-state index contributed by atoms with van der Waals surface area (Å²) in [5.41, 5.74) is 0.895. The maximum absolute atomic E-state index is 13.2. The van der Waals surface area contributed by atoms with E-state index in [0.29, 0.717) is 5.75 Å². The average molecular weight is 320 g/mol. The van der Waals surface area contributed by atoms with E-state index in [1.807, 2.05) is 4.90 Å². The quantitative estimate of drug-likeness (QED) is 0.770. The molecule has 0 aromatic heterocycles. The molecule has 1 heterocycles. The lowest BCUT2D eigenvalue weighted by atomic mass is 10.2. The minimum absolute atomic E-state index is 0.0348. The maximum Gasteiger partial charge on any atom is 0.233 e. The Hall–Kier alpha value is -0.390. The summed E-state index contributed by atoms with van der Waals surface area (Å²) in [4.78, 5) is 13.8. The zero-order chi connectivity index (χ0) is 13.8. The highest BCUT2D eigenvalue weighted by Crippen LogP contribution is 2.39. The highest BCUT2D eigenvalue weighted by atomic mass is 35.5. The summed E-state index contributed by atoms with van der Waals surface area (Å²) in [7, 11) is 0. The Bertz CT molecular complexity index is 472. The minimum atomic E-state index is -0.423. The summed E-state index contributed by atoms with van der Waals surface area (Å²) < 4.78 is 13.2. The van der Waals surface area contributed by atoms with Crippen molar-refractivity contribution < 1.29 is 9.18 Å². The van der Waals surface area contributed by atoms with Gasteiger partial charge < -0.3 is 4.90 Å². The molecule has 1 aliphatic rings. The smallest absolute Gasteiger partial charge is 0.233 e. The summed E-state index contributed by atoms with van der Waals surface area (Å²) in [5, 5.41) is 0.0777. The van der Waals surface area contributed by atoms with Crippen LogP contribution in [0.5, 0.6) is 0 Å². The van der Waals surface area contributed by atoms with Crippen LogP contribution in [0, 0.1) is 5.82 Å². The van der Waals surface area contributed by atoms with Crippen LogP contribution in [0.2, 0.25) is 5.02 Å². The van der Waals surface area contributed by atoms with Crippen LogP contribution in [-0.4, -0.2) is 35.1 Å². The first-order valence-corrected chi connectivity index (χ1v) is 8.80. The van der Waals surface area contributed by atoms with Gasteiger partial charge in [-0.15, -0.1) is 11.8 Å². The normalized spacial score (nSPS) is 19.2. The van der Waals surface area contributed by atoms with Gasteiger partial charge in [0.05, 0.1) is 10.8 Å². The van der Waals surface area contributed by atoms with Gasteiger partial charge in [-0.2, -0.15) is 11.8 Å². The Labute approximate surface area is 126 Å².